The van der Waals surface area contributed by atoms with E-state index in [1.54, 1.807) is 14.2 Å². The van der Waals surface area contributed by atoms with Crippen molar-refractivity contribution in [3.63, 3.8) is 0 Å². The van der Waals surface area contributed by atoms with Crippen LogP contribution in [0, 0.1) is 0 Å². The average Bonchev–Trinajstić information content (AvgIpc) is 2.84. The van der Waals surface area contributed by atoms with Gasteiger partial charge in [0.15, 0.2) is 11.5 Å². The van der Waals surface area contributed by atoms with Crippen LogP contribution in [0.15, 0.2) is 42.5 Å². The predicted octanol–water partition coefficient (Wildman–Crippen LogP) is 3.26. The van der Waals surface area contributed by atoms with Gasteiger partial charge in [0.05, 0.1) is 20.3 Å². The maximum Gasteiger partial charge on any atom is 0.162 e. The van der Waals surface area contributed by atoms with Crippen LogP contribution in [-0.4, -0.2) is 14.2 Å². The summed E-state index contributed by atoms with van der Waals surface area (Å²) < 4.78 is 10.6. The molecule has 2 aromatic carbocycles. The first-order valence-corrected chi connectivity index (χ1v) is 7.06. The van der Waals surface area contributed by atoms with Crippen molar-refractivity contribution in [1.82, 2.24) is 0 Å². The molecule has 0 aliphatic heterocycles. The van der Waals surface area contributed by atoms with Crippen LogP contribution in [0.3, 0.4) is 0 Å². The molecule has 2 unspecified atom stereocenters. The summed E-state index contributed by atoms with van der Waals surface area (Å²) >= 11 is 0. The van der Waals surface area contributed by atoms with Crippen LogP contribution < -0.4 is 20.5 Å². The molecule has 110 valence electrons. The minimum atomic E-state index is 0.0962. The van der Waals surface area contributed by atoms with Gasteiger partial charge in [-0.3, -0.25) is 0 Å². The fourth-order valence-electron chi connectivity index (χ4n) is 2.94. The van der Waals surface area contributed by atoms with E-state index >= 15 is 0 Å². The molecule has 0 aromatic heterocycles. The van der Waals surface area contributed by atoms with Crippen molar-refractivity contribution in [2.45, 2.75) is 18.5 Å². The Bertz CT molecular complexity index is 642. The molecule has 0 saturated heterocycles. The fourth-order valence-corrected chi connectivity index (χ4v) is 2.94. The van der Waals surface area contributed by atoms with Crippen molar-refractivity contribution >= 4 is 5.69 Å². The molecule has 0 amide bonds. The normalized spacial score (nSPS) is 20.0. The predicted molar refractivity (Wildman–Crippen MR) is 83.9 cm³/mol. The lowest BCUT2D eigenvalue weighted by atomic mass is 10.1. The molecule has 0 heterocycles. The smallest absolute Gasteiger partial charge is 0.162 e. The molecule has 0 spiro atoms. The van der Waals surface area contributed by atoms with Crippen molar-refractivity contribution < 1.29 is 9.47 Å². The molecule has 1 aliphatic carbocycles. The van der Waals surface area contributed by atoms with E-state index < -0.39 is 0 Å². The molecule has 0 fully saturated rings. The van der Waals surface area contributed by atoms with Crippen LogP contribution >= 0.6 is 0 Å². The highest BCUT2D eigenvalue weighted by Crippen LogP contribution is 2.40. The van der Waals surface area contributed by atoms with Crippen molar-refractivity contribution in [3.8, 4) is 11.5 Å². The van der Waals surface area contributed by atoms with Gasteiger partial charge in [-0.25, -0.2) is 0 Å². The lowest BCUT2D eigenvalue weighted by Crippen LogP contribution is -2.10. The van der Waals surface area contributed by atoms with Gasteiger partial charge in [0.2, 0.25) is 0 Å². The van der Waals surface area contributed by atoms with Crippen LogP contribution in [0.4, 0.5) is 5.69 Å². The number of fused-ring (bicyclic) bond motifs is 1. The Morgan fingerprint density at radius 3 is 2.43 bits per heavy atom. The first-order chi connectivity index (χ1) is 10.2. The third-order valence-electron chi connectivity index (χ3n) is 3.98. The van der Waals surface area contributed by atoms with Crippen molar-refractivity contribution in [2.75, 3.05) is 19.5 Å². The maximum absolute atomic E-state index is 6.21. The summed E-state index contributed by atoms with van der Waals surface area (Å²) in [6, 6.07) is 14.5. The summed E-state index contributed by atoms with van der Waals surface area (Å²) in [5.74, 6) is 1.45. The van der Waals surface area contributed by atoms with Crippen LogP contribution in [0.25, 0.3) is 0 Å². The van der Waals surface area contributed by atoms with Gasteiger partial charge >= 0.3 is 0 Å². The molecule has 2 aromatic rings. The second-order valence-corrected chi connectivity index (χ2v) is 5.24. The highest BCUT2D eigenvalue weighted by atomic mass is 16.5. The number of benzene rings is 2. The third-order valence-corrected chi connectivity index (χ3v) is 3.98. The Balaban J connectivity index is 1.85. The van der Waals surface area contributed by atoms with Gasteiger partial charge in [0.25, 0.3) is 0 Å². The van der Waals surface area contributed by atoms with Crippen LogP contribution in [-0.2, 0) is 0 Å². The van der Waals surface area contributed by atoms with Crippen molar-refractivity contribution in [2.24, 2.45) is 5.73 Å². The average molecular weight is 284 g/mol. The molecule has 1 aliphatic rings. The number of ether oxygens (including phenoxy) is 2. The standard InChI is InChI=1S/C17H20N2O2/c1-20-16-8-7-11(9-17(16)21-2)19-15-10-14(18)12-5-3-4-6-13(12)15/h3-9,14-15,19H,10,18H2,1-2H3. The number of hydrogen-bond acceptors (Lipinski definition) is 4. The molecule has 3 N–H and O–H groups in total. The topological polar surface area (TPSA) is 56.5 Å². The highest BCUT2D eigenvalue weighted by molar-refractivity contribution is 5.56. The lowest BCUT2D eigenvalue weighted by molar-refractivity contribution is 0.355. The van der Waals surface area contributed by atoms with Gasteiger partial charge in [-0.15, -0.1) is 0 Å². The second-order valence-electron chi connectivity index (χ2n) is 5.24. The first kappa shape index (κ1) is 13.8. The Kier molecular flexibility index (Phi) is 3.71. The Morgan fingerprint density at radius 1 is 1.00 bits per heavy atom. The fraction of sp³-hybridized carbons (Fsp3) is 0.294. The number of anilines is 1. The number of nitrogens with one attached hydrogen (secondary N) is 1. The maximum atomic E-state index is 6.21. The van der Waals surface area contributed by atoms with Crippen LogP contribution in [0.1, 0.15) is 29.6 Å². The minimum absolute atomic E-state index is 0.0962. The van der Waals surface area contributed by atoms with E-state index in [9.17, 15) is 0 Å². The quantitative estimate of drug-likeness (QED) is 0.905. The zero-order chi connectivity index (χ0) is 14.8. The number of methoxy groups -OCH3 is 2. The second kappa shape index (κ2) is 5.66. The summed E-state index contributed by atoms with van der Waals surface area (Å²) in [4.78, 5) is 0. The molecule has 0 saturated carbocycles. The lowest BCUT2D eigenvalue weighted by Gasteiger charge is -2.17. The van der Waals surface area contributed by atoms with Gasteiger partial charge in [-0.1, -0.05) is 24.3 Å². The van der Waals surface area contributed by atoms with E-state index in [0.29, 0.717) is 0 Å². The number of rotatable bonds is 4. The SMILES string of the molecule is COc1ccc(NC2CC(N)c3ccccc32)cc1OC. The molecular weight excluding hydrogens is 264 g/mol. The molecule has 3 rings (SSSR count). The van der Waals surface area contributed by atoms with Gasteiger partial charge < -0.3 is 20.5 Å². The molecule has 0 bridgehead atoms. The van der Waals surface area contributed by atoms with Crippen LogP contribution in [0.5, 0.6) is 11.5 Å². The first-order valence-electron chi connectivity index (χ1n) is 7.06. The summed E-state index contributed by atoms with van der Waals surface area (Å²) in [5, 5.41) is 3.54. The molecule has 4 heteroatoms. The van der Waals surface area contributed by atoms with Gasteiger partial charge in [0.1, 0.15) is 0 Å². The van der Waals surface area contributed by atoms with Crippen molar-refractivity contribution in [1.29, 1.82) is 0 Å². The Morgan fingerprint density at radius 2 is 1.71 bits per heavy atom. The Hall–Kier alpha value is -2.20. The molecule has 21 heavy (non-hydrogen) atoms. The van der Waals surface area contributed by atoms with E-state index in [1.165, 1.54) is 11.1 Å². The highest BCUT2D eigenvalue weighted by Gasteiger charge is 2.28. The van der Waals surface area contributed by atoms with Crippen molar-refractivity contribution in [3.05, 3.63) is 53.6 Å². The largest absolute Gasteiger partial charge is 0.493 e. The van der Waals surface area contributed by atoms with E-state index in [0.717, 1.165) is 23.6 Å². The number of nitrogens with two attached hydrogens (primary N) is 1. The molecule has 2 atom stereocenters. The summed E-state index contributed by atoms with van der Waals surface area (Å²) in [5.41, 5.74) is 9.72. The van der Waals surface area contributed by atoms with Crippen LogP contribution in [0.2, 0.25) is 0 Å². The molecule has 0 radical (unpaired) electrons. The van der Waals surface area contributed by atoms with E-state index in [4.69, 9.17) is 15.2 Å². The van der Waals surface area contributed by atoms with E-state index in [2.05, 4.69) is 23.5 Å². The zero-order valence-corrected chi connectivity index (χ0v) is 12.3. The summed E-state index contributed by atoms with van der Waals surface area (Å²) in [6.07, 6.45) is 0.897. The third kappa shape index (κ3) is 2.54. The van der Waals surface area contributed by atoms with E-state index in [1.807, 2.05) is 24.3 Å². The van der Waals surface area contributed by atoms with E-state index in [-0.39, 0.29) is 12.1 Å². The minimum Gasteiger partial charge on any atom is -0.493 e. The molecule has 4 nitrogen and oxygen atoms in total. The van der Waals surface area contributed by atoms with Gasteiger partial charge in [0, 0.05) is 17.8 Å². The number of hydrogen-bond donors (Lipinski definition) is 2. The summed E-state index contributed by atoms with van der Waals surface area (Å²) in [7, 11) is 3.28. The Labute approximate surface area is 124 Å². The van der Waals surface area contributed by atoms with Gasteiger partial charge in [-0.05, 0) is 29.7 Å². The van der Waals surface area contributed by atoms with Gasteiger partial charge in [-0.2, -0.15) is 0 Å². The monoisotopic (exact) mass is 284 g/mol. The zero-order valence-electron chi connectivity index (χ0n) is 12.3. The summed E-state index contributed by atoms with van der Waals surface area (Å²) in [6.45, 7) is 0. The molecular formula is C17H20N2O2.